The van der Waals surface area contributed by atoms with Gasteiger partial charge in [0.25, 0.3) is 0 Å². The molecule has 3 fully saturated rings. The fourth-order valence-corrected chi connectivity index (χ4v) is 4.13. The van der Waals surface area contributed by atoms with E-state index in [1.54, 1.807) is 0 Å². The monoisotopic (exact) mass is 408 g/mol. The van der Waals surface area contributed by atoms with Crippen molar-refractivity contribution in [3.8, 4) is 11.1 Å². The van der Waals surface area contributed by atoms with E-state index in [9.17, 15) is 14.4 Å². The van der Waals surface area contributed by atoms with E-state index >= 15 is 0 Å². The molecule has 0 saturated carbocycles. The Morgan fingerprint density at radius 2 is 1.63 bits per heavy atom. The number of benzene rings is 2. The van der Waals surface area contributed by atoms with Crippen molar-refractivity contribution in [2.24, 2.45) is 5.92 Å². The van der Waals surface area contributed by atoms with Crippen LogP contribution < -0.4 is 5.32 Å². The fourth-order valence-electron chi connectivity index (χ4n) is 4.13. The molecule has 5 rings (SSSR count). The molecule has 7 heteroatoms. The number of carbonyl (C=O) groups is 3. The quantitative estimate of drug-likeness (QED) is 0.476. The molecule has 1 unspecified atom stereocenters. The average Bonchev–Trinajstić information content (AvgIpc) is 2.79. The number of amides is 1. The number of nitrogens with one attached hydrogen (secondary N) is 1. The molecule has 0 aromatic heterocycles. The molecule has 0 aliphatic carbocycles. The molecular formula is C23H24N2O5. The maximum Gasteiger partial charge on any atom is 0.426 e. The lowest BCUT2D eigenvalue weighted by molar-refractivity contribution is -0.173. The third-order valence-electron chi connectivity index (χ3n) is 5.73. The van der Waals surface area contributed by atoms with E-state index in [1.807, 2.05) is 54.6 Å². The molecule has 0 spiro atoms. The van der Waals surface area contributed by atoms with Crippen molar-refractivity contribution < 1.29 is 23.9 Å². The summed E-state index contributed by atoms with van der Waals surface area (Å²) in [5.41, 5.74) is 2.84. The normalized spacial score (nSPS) is 22.2. The van der Waals surface area contributed by atoms with Crippen LogP contribution >= 0.6 is 0 Å². The van der Waals surface area contributed by atoms with Crippen molar-refractivity contribution in [2.75, 3.05) is 19.6 Å². The number of piperidine rings is 3. The minimum absolute atomic E-state index is 0.159. The topological polar surface area (TPSA) is 84.9 Å². The number of alkyl carbamates (subject to hydrolysis) is 1. The molecule has 2 aromatic carbocycles. The number of ether oxygens (including phenoxy) is 2. The summed E-state index contributed by atoms with van der Waals surface area (Å²) in [6.07, 6.45) is 0.616. The van der Waals surface area contributed by atoms with Gasteiger partial charge in [0.15, 0.2) is 0 Å². The van der Waals surface area contributed by atoms with Gasteiger partial charge in [0.2, 0.25) is 0 Å². The summed E-state index contributed by atoms with van der Waals surface area (Å²) in [6.45, 7) is 2.78. The third-order valence-corrected chi connectivity index (χ3v) is 5.73. The molecule has 1 atom stereocenters. The Kier molecular flexibility index (Phi) is 6.09. The zero-order valence-electron chi connectivity index (χ0n) is 16.6. The summed E-state index contributed by atoms with van der Waals surface area (Å²) in [5, 5.41) is 2.53. The second-order valence-electron chi connectivity index (χ2n) is 7.64. The van der Waals surface area contributed by atoms with Crippen LogP contribution in [0.3, 0.4) is 0 Å². The van der Waals surface area contributed by atoms with Crippen molar-refractivity contribution in [3.63, 3.8) is 0 Å². The summed E-state index contributed by atoms with van der Waals surface area (Å²) < 4.78 is 9.92. The van der Waals surface area contributed by atoms with Crippen LogP contribution in [0.4, 0.5) is 4.79 Å². The van der Waals surface area contributed by atoms with Gasteiger partial charge in [-0.2, -0.15) is 0 Å². The molecule has 2 bridgehead atoms. The van der Waals surface area contributed by atoms with Gasteiger partial charge < -0.3 is 14.8 Å². The maximum atomic E-state index is 12.0. The van der Waals surface area contributed by atoms with Crippen LogP contribution in [0.25, 0.3) is 11.1 Å². The predicted molar refractivity (Wildman–Crippen MR) is 109 cm³/mol. The van der Waals surface area contributed by atoms with Crippen LogP contribution in [0.15, 0.2) is 54.6 Å². The van der Waals surface area contributed by atoms with Gasteiger partial charge in [0.1, 0.15) is 6.10 Å². The highest BCUT2D eigenvalue weighted by Crippen LogP contribution is 2.29. The minimum atomic E-state index is -1.29. The van der Waals surface area contributed by atoms with Gasteiger partial charge in [0.05, 0.1) is 0 Å². The van der Waals surface area contributed by atoms with Crippen LogP contribution in [-0.2, 0) is 25.6 Å². The first-order chi connectivity index (χ1) is 14.6. The molecule has 30 heavy (non-hydrogen) atoms. The first-order valence-corrected chi connectivity index (χ1v) is 10.2. The van der Waals surface area contributed by atoms with E-state index in [0.717, 1.165) is 42.6 Å². The summed E-state index contributed by atoms with van der Waals surface area (Å²) in [6, 6.07) is 17.4. The lowest BCUT2D eigenvalue weighted by atomic mass is 9.86. The molecule has 3 aliphatic rings. The first kappa shape index (κ1) is 20.1. The smallest absolute Gasteiger partial charge is 0.426 e. The number of nitrogens with zero attached hydrogens (tertiary/aromatic N) is 1. The number of carbonyl (C=O) groups excluding carboxylic acids is 3. The van der Waals surface area contributed by atoms with Crippen LogP contribution in [-0.4, -0.2) is 48.7 Å². The number of hydrogen-bond acceptors (Lipinski definition) is 6. The Bertz CT molecular complexity index is 922. The Labute approximate surface area is 175 Å². The fraction of sp³-hybridized carbons (Fsp3) is 0.348. The van der Waals surface area contributed by atoms with Gasteiger partial charge in [-0.25, -0.2) is 14.4 Å². The van der Waals surface area contributed by atoms with Gasteiger partial charge in [0, 0.05) is 13.1 Å². The Hall–Kier alpha value is -3.19. The van der Waals surface area contributed by atoms with Crippen molar-refractivity contribution in [2.45, 2.75) is 25.5 Å². The van der Waals surface area contributed by atoms with E-state index in [2.05, 4.69) is 15.0 Å². The first-order valence-electron chi connectivity index (χ1n) is 10.2. The summed E-state index contributed by atoms with van der Waals surface area (Å²) in [5.74, 6) is -2.14. The molecular weight excluding hydrogens is 384 g/mol. The lowest BCUT2D eigenvalue weighted by Crippen LogP contribution is -2.52. The van der Waals surface area contributed by atoms with E-state index < -0.39 is 18.0 Å². The largest absolute Gasteiger partial charge is 0.452 e. The Balaban J connectivity index is 1.29. The molecule has 1 amide bonds. The molecule has 0 radical (unpaired) electrons. The summed E-state index contributed by atoms with van der Waals surface area (Å²) in [7, 11) is 0. The SMILES string of the molecule is O=C(NCc1ccccc1-c1ccccc1)OC(=O)C(=O)OC1CN2CCC1CC2. The van der Waals surface area contributed by atoms with E-state index in [1.165, 1.54) is 0 Å². The van der Waals surface area contributed by atoms with Gasteiger partial charge in [-0.1, -0.05) is 54.6 Å². The maximum absolute atomic E-state index is 12.0. The minimum Gasteiger partial charge on any atom is -0.452 e. The Morgan fingerprint density at radius 1 is 0.933 bits per heavy atom. The van der Waals surface area contributed by atoms with Crippen molar-refractivity contribution in [1.29, 1.82) is 0 Å². The number of hydrogen-bond donors (Lipinski definition) is 1. The van der Waals surface area contributed by atoms with E-state index in [0.29, 0.717) is 6.54 Å². The zero-order chi connectivity index (χ0) is 20.9. The standard InChI is InChI=1S/C23H24N2O5/c26-21(29-20-15-25-12-10-17(20)11-13-25)22(27)30-23(28)24-14-18-8-4-5-9-19(18)16-6-2-1-3-7-16/h1-9,17,20H,10-15H2,(H,24,28). The van der Waals surface area contributed by atoms with Gasteiger partial charge >= 0.3 is 18.0 Å². The highest BCUT2D eigenvalue weighted by Gasteiger charge is 2.38. The van der Waals surface area contributed by atoms with Crippen molar-refractivity contribution in [1.82, 2.24) is 10.2 Å². The van der Waals surface area contributed by atoms with Crippen LogP contribution in [0, 0.1) is 5.92 Å². The van der Waals surface area contributed by atoms with E-state index in [-0.39, 0.29) is 18.6 Å². The molecule has 7 nitrogen and oxygen atoms in total. The third kappa shape index (κ3) is 4.68. The molecule has 156 valence electrons. The number of fused-ring (bicyclic) bond motifs is 3. The van der Waals surface area contributed by atoms with Crippen molar-refractivity contribution >= 4 is 18.0 Å². The lowest BCUT2D eigenvalue weighted by Gasteiger charge is -2.43. The molecule has 3 aliphatic heterocycles. The molecule has 2 aromatic rings. The highest BCUT2D eigenvalue weighted by molar-refractivity contribution is 6.31. The summed E-state index contributed by atoms with van der Waals surface area (Å²) >= 11 is 0. The average molecular weight is 408 g/mol. The highest BCUT2D eigenvalue weighted by atomic mass is 16.6. The second-order valence-corrected chi connectivity index (χ2v) is 7.64. The number of rotatable bonds is 4. The van der Waals surface area contributed by atoms with E-state index in [4.69, 9.17) is 4.74 Å². The van der Waals surface area contributed by atoms with Crippen LogP contribution in [0.5, 0.6) is 0 Å². The van der Waals surface area contributed by atoms with Gasteiger partial charge in [-0.3, -0.25) is 4.90 Å². The Morgan fingerprint density at radius 3 is 2.33 bits per heavy atom. The second kappa shape index (κ2) is 9.09. The molecule has 3 heterocycles. The van der Waals surface area contributed by atoms with Crippen LogP contribution in [0.1, 0.15) is 18.4 Å². The molecule has 3 saturated heterocycles. The molecule has 1 N–H and O–H groups in total. The zero-order valence-corrected chi connectivity index (χ0v) is 16.6. The number of esters is 2. The van der Waals surface area contributed by atoms with Gasteiger partial charge in [-0.15, -0.1) is 0 Å². The van der Waals surface area contributed by atoms with Gasteiger partial charge in [-0.05, 0) is 48.5 Å². The van der Waals surface area contributed by atoms with Crippen LogP contribution in [0.2, 0.25) is 0 Å². The predicted octanol–water partition coefficient (Wildman–Crippen LogP) is 2.74. The summed E-state index contributed by atoms with van der Waals surface area (Å²) in [4.78, 5) is 38.2. The van der Waals surface area contributed by atoms with Crippen molar-refractivity contribution in [3.05, 3.63) is 60.2 Å².